The van der Waals surface area contributed by atoms with Crippen molar-refractivity contribution in [1.29, 1.82) is 0 Å². The summed E-state index contributed by atoms with van der Waals surface area (Å²) in [5.41, 5.74) is 4.70. The van der Waals surface area contributed by atoms with Gasteiger partial charge in [-0.25, -0.2) is 5.48 Å². The van der Waals surface area contributed by atoms with E-state index < -0.39 is 11.3 Å². The third kappa shape index (κ3) is 4.53. The minimum Gasteiger partial charge on any atom is -0.492 e. The molecule has 0 radical (unpaired) electrons. The molecule has 3 aliphatic rings. The van der Waals surface area contributed by atoms with Crippen LogP contribution in [0.1, 0.15) is 34.3 Å². The van der Waals surface area contributed by atoms with Gasteiger partial charge in [-0.15, -0.1) is 0 Å². The summed E-state index contributed by atoms with van der Waals surface area (Å²) in [5, 5.41) is 8.96. The van der Waals surface area contributed by atoms with Crippen LogP contribution in [0.25, 0.3) is 0 Å². The van der Waals surface area contributed by atoms with Crippen molar-refractivity contribution < 1.29 is 24.3 Å². The Kier molecular flexibility index (Phi) is 6.54. The van der Waals surface area contributed by atoms with E-state index in [0.717, 1.165) is 69.1 Å². The normalized spacial score (nSPS) is 22.6. The first-order valence-corrected chi connectivity index (χ1v) is 12.0. The fourth-order valence-electron chi connectivity index (χ4n) is 5.39. The predicted molar refractivity (Wildman–Crippen MR) is 126 cm³/mol. The molecular weight excluding hydrogens is 434 g/mol. The topological polar surface area (TPSA) is 91.3 Å². The lowest BCUT2D eigenvalue weighted by molar-refractivity contribution is -0.126. The Balaban J connectivity index is 1.26. The van der Waals surface area contributed by atoms with Gasteiger partial charge in [0.1, 0.15) is 12.4 Å². The second-order valence-corrected chi connectivity index (χ2v) is 9.39. The Labute approximate surface area is 199 Å². The van der Waals surface area contributed by atoms with Crippen molar-refractivity contribution in [2.75, 3.05) is 50.9 Å². The standard InChI is InChI=1S/C26H31N3O5/c30-24(27-32)20-5-4-19-6-7-26(18-21(19)16-20)8-9-29(25(26)31)22-2-1-3-23(17-22)34-15-12-28-10-13-33-14-11-28/h1-5,16-17,32H,6-15,18H2,(H,27,30)/t26-/m0/s1. The van der Waals surface area contributed by atoms with Crippen LogP contribution in [-0.4, -0.2) is 67.9 Å². The number of hydrogen-bond donors (Lipinski definition) is 2. The number of rotatable bonds is 6. The minimum atomic E-state index is -0.535. The maximum Gasteiger partial charge on any atom is 0.274 e. The van der Waals surface area contributed by atoms with Crippen LogP contribution in [-0.2, 0) is 22.4 Å². The van der Waals surface area contributed by atoms with Gasteiger partial charge >= 0.3 is 0 Å². The molecule has 2 fully saturated rings. The molecule has 1 spiro atoms. The largest absolute Gasteiger partial charge is 0.492 e. The SMILES string of the molecule is O=C(NO)c1ccc2c(c1)C[C@]1(CC2)CCN(c2cccc(OCCN3CCOCC3)c2)C1=O. The molecule has 5 rings (SSSR count). The molecule has 0 aromatic heterocycles. The van der Waals surface area contributed by atoms with Crippen molar-refractivity contribution in [1.82, 2.24) is 10.4 Å². The van der Waals surface area contributed by atoms with E-state index >= 15 is 0 Å². The second kappa shape index (κ2) is 9.74. The quantitative estimate of drug-likeness (QED) is 0.503. The number of nitrogens with one attached hydrogen (secondary N) is 1. The monoisotopic (exact) mass is 465 g/mol. The lowest BCUT2D eigenvalue weighted by Crippen LogP contribution is -2.39. The van der Waals surface area contributed by atoms with Crippen molar-refractivity contribution in [3.8, 4) is 5.75 Å². The molecule has 0 saturated carbocycles. The van der Waals surface area contributed by atoms with E-state index in [0.29, 0.717) is 25.1 Å². The number of benzene rings is 2. The Morgan fingerprint density at radius 2 is 1.94 bits per heavy atom. The van der Waals surface area contributed by atoms with Gasteiger partial charge in [-0.1, -0.05) is 12.1 Å². The van der Waals surface area contributed by atoms with E-state index in [9.17, 15) is 9.59 Å². The van der Waals surface area contributed by atoms with Gasteiger partial charge in [0.2, 0.25) is 5.91 Å². The van der Waals surface area contributed by atoms with Gasteiger partial charge in [-0.2, -0.15) is 0 Å². The van der Waals surface area contributed by atoms with Gasteiger partial charge in [0.15, 0.2) is 0 Å². The van der Waals surface area contributed by atoms with Crippen LogP contribution in [0.2, 0.25) is 0 Å². The van der Waals surface area contributed by atoms with Crippen molar-refractivity contribution in [3.63, 3.8) is 0 Å². The summed E-state index contributed by atoms with van der Waals surface area (Å²) in [6, 6.07) is 13.2. The number of ether oxygens (including phenoxy) is 2. The summed E-state index contributed by atoms with van der Waals surface area (Å²) in [6.07, 6.45) is 3.00. The first-order chi connectivity index (χ1) is 16.6. The molecule has 8 nitrogen and oxygen atoms in total. The molecule has 2 heterocycles. The molecule has 2 aromatic rings. The summed E-state index contributed by atoms with van der Waals surface area (Å²) < 4.78 is 11.4. The Morgan fingerprint density at radius 1 is 1.09 bits per heavy atom. The Bertz CT molecular complexity index is 1070. The van der Waals surface area contributed by atoms with Crippen molar-refractivity contribution in [2.24, 2.45) is 5.41 Å². The fraction of sp³-hybridized carbons (Fsp3) is 0.462. The van der Waals surface area contributed by atoms with E-state index in [-0.39, 0.29) is 5.91 Å². The summed E-state index contributed by atoms with van der Waals surface area (Å²) >= 11 is 0. The number of fused-ring (bicyclic) bond motifs is 1. The number of carbonyl (C=O) groups excluding carboxylic acids is 2. The average molecular weight is 466 g/mol. The van der Waals surface area contributed by atoms with Gasteiger partial charge in [0, 0.05) is 43.5 Å². The maximum absolute atomic E-state index is 13.6. The molecule has 2 aromatic carbocycles. The van der Waals surface area contributed by atoms with E-state index in [1.54, 1.807) is 17.6 Å². The summed E-state index contributed by atoms with van der Waals surface area (Å²) in [6.45, 7) is 5.54. The zero-order valence-electron chi connectivity index (χ0n) is 19.3. The van der Waals surface area contributed by atoms with Crippen LogP contribution < -0.4 is 15.1 Å². The van der Waals surface area contributed by atoms with Crippen LogP contribution >= 0.6 is 0 Å². The molecule has 2 amide bonds. The predicted octanol–water partition coefficient (Wildman–Crippen LogP) is 2.43. The molecule has 1 aliphatic carbocycles. The van der Waals surface area contributed by atoms with Crippen molar-refractivity contribution in [3.05, 3.63) is 59.2 Å². The van der Waals surface area contributed by atoms with Crippen LogP contribution in [0.5, 0.6) is 5.75 Å². The highest BCUT2D eigenvalue weighted by Gasteiger charge is 2.48. The van der Waals surface area contributed by atoms with Gasteiger partial charge in [0.25, 0.3) is 5.91 Å². The number of aryl methyl sites for hydroxylation is 1. The Morgan fingerprint density at radius 3 is 2.76 bits per heavy atom. The lowest BCUT2D eigenvalue weighted by atomic mass is 9.70. The molecular formula is C26H31N3O5. The van der Waals surface area contributed by atoms with Gasteiger partial charge in [0.05, 0.1) is 18.6 Å². The zero-order chi connectivity index (χ0) is 23.5. The molecule has 2 saturated heterocycles. The molecule has 180 valence electrons. The molecule has 0 bridgehead atoms. The van der Waals surface area contributed by atoms with Crippen molar-refractivity contribution in [2.45, 2.75) is 25.7 Å². The first-order valence-electron chi connectivity index (χ1n) is 12.0. The smallest absolute Gasteiger partial charge is 0.274 e. The number of nitrogens with zero attached hydrogens (tertiary/aromatic N) is 2. The number of morpholine rings is 1. The molecule has 34 heavy (non-hydrogen) atoms. The lowest BCUT2D eigenvalue weighted by Gasteiger charge is -2.33. The summed E-state index contributed by atoms with van der Waals surface area (Å²) in [5.74, 6) is 0.376. The first kappa shape index (κ1) is 22.8. The zero-order valence-corrected chi connectivity index (χ0v) is 19.3. The fourth-order valence-corrected chi connectivity index (χ4v) is 5.39. The average Bonchev–Trinajstić information content (AvgIpc) is 3.19. The highest BCUT2D eigenvalue weighted by Crippen LogP contribution is 2.45. The van der Waals surface area contributed by atoms with E-state index in [1.165, 1.54) is 5.56 Å². The van der Waals surface area contributed by atoms with Crippen molar-refractivity contribution >= 4 is 17.5 Å². The van der Waals surface area contributed by atoms with Gasteiger partial charge in [-0.3, -0.25) is 19.7 Å². The highest BCUT2D eigenvalue weighted by atomic mass is 16.5. The third-order valence-electron chi connectivity index (χ3n) is 7.39. The number of hydrogen-bond acceptors (Lipinski definition) is 6. The van der Waals surface area contributed by atoms with E-state index in [1.807, 2.05) is 35.2 Å². The Hall–Kier alpha value is -2.94. The summed E-state index contributed by atoms with van der Waals surface area (Å²) in [7, 11) is 0. The van der Waals surface area contributed by atoms with Crippen LogP contribution in [0.15, 0.2) is 42.5 Å². The molecule has 8 heteroatoms. The molecule has 0 unspecified atom stereocenters. The summed E-state index contributed by atoms with van der Waals surface area (Å²) in [4.78, 5) is 29.7. The van der Waals surface area contributed by atoms with E-state index in [4.69, 9.17) is 14.7 Å². The number of carbonyl (C=O) groups is 2. The minimum absolute atomic E-state index is 0.139. The van der Waals surface area contributed by atoms with E-state index in [2.05, 4.69) is 4.90 Å². The molecule has 1 atom stereocenters. The van der Waals surface area contributed by atoms with Gasteiger partial charge in [-0.05, 0) is 61.1 Å². The second-order valence-electron chi connectivity index (χ2n) is 9.39. The van der Waals surface area contributed by atoms with Crippen LogP contribution in [0.3, 0.4) is 0 Å². The molecule has 2 aliphatic heterocycles. The molecule has 2 N–H and O–H groups in total. The number of amides is 2. The van der Waals surface area contributed by atoms with Gasteiger partial charge < -0.3 is 14.4 Å². The highest BCUT2D eigenvalue weighted by molar-refractivity contribution is 6.00. The van der Waals surface area contributed by atoms with Crippen LogP contribution in [0, 0.1) is 5.41 Å². The number of anilines is 1. The third-order valence-corrected chi connectivity index (χ3v) is 7.39. The maximum atomic E-state index is 13.6. The van der Waals surface area contributed by atoms with Crippen LogP contribution in [0.4, 0.5) is 5.69 Å². The number of hydroxylamine groups is 1.